The fourth-order valence-electron chi connectivity index (χ4n) is 3.90. The van der Waals surface area contributed by atoms with Gasteiger partial charge in [0.05, 0.1) is 25.2 Å². The van der Waals surface area contributed by atoms with Gasteiger partial charge in [0.25, 0.3) is 0 Å². The topological polar surface area (TPSA) is 58.6 Å². The van der Waals surface area contributed by atoms with Crippen LogP contribution in [0.3, 0.4) is 0 Å². The molecule has 1 aliphatic carbocycles. The van der Waals surface area contributed by atoms with E-state index in [0.29, 0.717) is 25.0 Å². The van der Waals surface area contributed by atoms with Crippen LogP contribution in [0.2, 0.25) is 0 Å². The van der Waals surface area contributed by atoms with E-state index in [-0.39, 0.29) is 30.4 Å². The molecule has 0 aromatic heterocycles. The molecule has 1 unspecified atom stereocenters. The van der Waals surface area contributed by atoms with Gasteiger partial charge < -0.3 is 15.2 Å². The Morgan fingerprint density at radius 3 is 2.63 bits per heavy atom. The average molecular weight is 373 g/mol. The summed E-state index contributed by atoms with van der Waals surface area (Å²) in [4.78, 5) is 12.5. The fourth-order valence-corrected chi connectivity index (χ4v) is 3.90. The Bertz CT molecular complexity index is 844. The summed E-state index contributed by atoms with van der Waals surface area (Å²) in [5.41, 5.74) is 2.37. The SMILES string of the molecule is O=C(Cc1cc(F)cc(F)c1)NC(c1ccc2c(c1)CCO2)C1CC(O)C1. The summed E-state index contributed by atoms with van der Waals surface area (Å²) in [6.45, 7) is 0.656. The van der Waals surface area contributed by atoms with Crippen LogP contribution in [0.15, 0.2) is 36.4 Å². The Morgan fingerprint density at radius 1 is 1.19 bits per heavy atom. The molecule has 27 heavy (non-hydrogen) atoms. The van der Waals surface area contributed by atoms with Crippen molar-refractivity contribution in [3.8, 4) is 5.75 Å². The zero-order valence-corrected chi connectivity index (χ0v) is 14.8. The Labute approximate surface area is 156 Å². The van der Waals surface area contributed by atoms with Gasteiger partial charge in [-0.05, 0) is 59.7 Å². The molecule has 0 spiro atoms. The molecule has 4 nitrogen and oxygen atoms in total. The zero-order chi connectivity index (χ0) is 19.0. The lowest BCUT2D eigenvalue weighted by molar-refractivity contribution is -0.122. The number of fused-ring (bicyclic) bond motifs is 1. The van der Waals surface area contributed by atoms with E-state index in [1.807, 2.05) is 18.2 Å². The van der Waals surface area contributed by atoms with Crippen LogP contribution < -0.4 is 10.1 Å². The molecule has 0 radical (unpaired) electrons. The van der Waals surface area contributed by atoms with Crippen LogP contribution in [-0.4, -0.2) is 23.7 Å². The van der Waals surface area contributed by atoms with E-state index in [1.54, 1.807) is 0 Å². The summed E-state index contributed by atoms with van der Waals surface area (Å²) in [6.07, 6.45) is 1.62. The number of aliphatic hydroxyl groups is 1. The Balaban J connectivity index is 1.52. The molecule has 2 aromatic carbocycles. The quantitative estimate of drug-likeness (QED) is 0.847. The molecular formula is C21H21F2NO3. The number of hydrogen-bond donors (Lipinski definition) is 2. The number of carbonyl (C=O) groups excluding carboxylic acids is 1. The van der Waals surface area contributed by atoms with E-state index in [0.717, 1.165) is 41.5 Å². The highest BCUT2D eigenvalue weighted by molar-refractivity contribution is 5.79. The van der Waals surface area contributed by atoms with Crippen molar-refractivity contribution in [2.75, 3.05) is 6.61 Å². The van der Waals surface area contributed by atoms with Crippen molar-refractivity contribution < 1.29 is 23.4 Å². The summed E-state index contributed by atoms with van der Waals surface area (Å²) in [6, 6.07) is 8.75. The molecule has 142 valence electrons. The summed E-state index contributed by atoms with van der Waals surface area (Å²) in [7, 11) is 0. The number of hydrogen-bond acceptors (Lipinski definition) is 3. The van der Waals surface area contributed by atoms with Crippen LogP contribution in [0, 0.1) is 17.6 Å². The number of benzene rings is 2. The van der Waals surface area contributed by atoms with Crippen LogP contribution in [0.1, 0.15) is 35.6 Å². The predicted octanol–water partition coefficient (Wildman–Crippen LogP) is 3.07. The lowest BCUT2D eigenvalue weighted by Gasteiger charge is -2.38. The van der Waals surface area contributed by atoms with E-state index in [4.69, 9.17) is 4.74 Å². The Hall–Kier alpha value is -2.47. The third-order valence-electron chi connectivity index (χ3n) is 5.30. The molecule has 0 saturated heterocycles. The molecule has 2 aromatic rings. The van der Waals surface area contributed by atoms with Crippen LogP contribution in [0.4, 0.5) is 8.78 Å². The van der Waals surface area contributed by atoms with Crippen molar-refractivity contribution in [3.05, 3.63) is 64.7 Å². The third kappa shape index (κ3) is 3.95. The average Bonchev–Trinajstić information content (AvgIpc) is 3.04. The van der Waals surface area contributed by atoms with Crippen molar-refractivity contribution in [1.82, 2.24) is 5.32 Å². The molecule has 1 heterocycles. The largest absolute Gasteiger partial charge is 0.493 e. The van der Waals surface area contributed by atoms with Gasteiger partial charge in [0.2, 0.25) is 5.91 Å². The highest BCUT2D eigenvalue weighted by Gasteiger charge is 2.36. The number of carbonyl (C=O) groups is 1. The van der Waals surface area contributed by atoms with Crippen LogP contribution in [0.25, 0.3) is 0 Å². The summed E-state index contributed by atoms with van der Waals surface area (Å²) >= 11 is 0. The minimum Gasteiger partial charge on any atom is -0.493 e. The zero-order valence-electron chi connectivity index (χ0n) is 14.8. The molecule has 1 fully saturated rings. The smallest absolute Gasteiger partial charge is 0.224 e. The Kier molecular flexibility index (Phi) is 4.83. The van der Waals surface area contributed by atoms with Crippen LogP contribution in [0.5, 0.6) is 5.75 Å². The third-order valence-corrected chi connectivity index (χ3v) is 5.30. The molecular weight excluding hydrogens is 352 g/mol. The van der Waals surface area contributed by atoms with Crippen LogP contribution >= 0.6 is 0 Å². The summed E-state index contributed by atoms with van der Waals surface area (Å²) < 4.78 is 32.2. The Morgan fingerprint density at radius 2 is 1.93 bits per heavy atom. The van der Waals surface area contributed by atoms with Crippen molar-refractivity contribution >= 4 is 5.91 Å². The lowest BCUT2D eigenvalue weighted by atomic mass is 9.74. The second-order valence-corrected chi connectivity index (χ2v) is 7.35. The van der Waals surface area contributed by atoms with Crippen molar-refractivity contribution in [2.24, 2.45) is 5.92 Å². The number of amides is 1. The maximum absolute atomic E-state index is 13.4. The highest BCUT2D eigenvalue weighted by atomic mass is 19.1. The molecule has 2 N–H and O–H groups in total. The van der Waals surface area contributed by atoms with Gasteiger partial charge in [-0.2, -0.15) is 0 Å². The molecule has 1 aliphatic heterocycles. The number of ether oxygens (including phenoxy) is 1. The molecule has 1 amide bonds. The van der Waals surface area contributed by atoms with E-state index in [2.05, 4.69) is 5.32 Å². The van der Waals surface area contributed by atoms with Gasteiger partial charge >= 0.3 is 0 Å². The number of rotatable bonds is 5. The second-order valence-electron chi connectivity index (χ2n) is 7.35. The number of halogens is 2. The maximum Gasteiger partial charge on any atom is 0.224 e. The molecule has 2 aliphatic rings. The lowest BCUT2D eigenvalue weighted by Crippen LogP contribution is -2.41. The summed E-state index contributed by atoms with van der Waals surface area (Å²) in [5.74, 6) is -0.699. The van der Waals surface area contributed by atoms with E-state index in [1.165, 1.54) is 0 Å². The normalized spacial score (nSPS) is 21.7. The van der Waals surface area contributed by atoms with Gasteiger partial charge in [0.15, 0.2) is 0 Å². The standard InChI is InChI=1S/C21H21F2NO3/c22-16-5-12(6-17(23)11-16)7-20(26)24-21(15-9-18(25)10-15)14-1-2-19-13(8-14)3-4-27-19/h1-2,5-6,8,11,15,18,21,25H,3-4,7,9-10H2,(H,24,26). The van der Waals surface area contributed by atoms with Gasteiger partial charge in [0, 0.05) is 12.5 Å². The molecule has 0 bridgehead atoms. The fraction of sp³-hybridized carbons (Fsp3) is 0.381. The molecule has 4 rings (SSSR count). The summed E-state index contributed by atoms with van der Waals surface area (Å²) in [5, 5.41) is 12.7. The van der Waals surface area contributed by atoms with Gasteiger partial charge in [0.1, 0.15) is 17.4 Å². The van der Waals surface area contributed by atoms with Gasteiger partial charge in [-0.15, -0.1) is 0 Å². The first-order chi connectivity index (χ1) is 13.0. The first-order valence-corrected chi connectivity index (χ1v) is 9.16. The molecule has 1 atom stereocenters. The van der Waals surface area contributed by atoms with Gasteiger partial charge in [-0.25, -0.2) is 8.78 Å². The van der Waals surface area contributed by atoms with E-state index < -0.39 is 11.6 Å². The molecule has 6 heteroatoms. The second kappa shape index (κ2) is 7.27. The number of aliphatic hydroxyl groups excluding tert-OH is 1. The monoisotopic (exact) mass is 373 g/mol. The minimum absolute atomic E-state index is 0.103. The predicted molar refractivity (Wildman–Crippen MR) is 95.3 cm³/mol. The highest BCUT2D eigenvalue weighted by Crippen LogP contribution is 2.39. The van der Waals surface area contributed by atoms with Crippen molar-refractivity contribution in [2.45, 2.75) is 37.8 Å². The maximum atomic E-state index is 13.4. The van der Waals surface area contributed by atoms with Crippen molar-refractivity contribution in [1.29, 1.82) is 0 Å². The van der Waals surface area contributed by atoms with Crippen LogP contribution in [-0.2, 0) is 17.6 Å². The van der Waals surface area contributed by atoms with Gasteiger partial charge in [-0.1, -0.05) is 6.07 Å². The first kappa shape index (κ1) is 17.9. The van der Waals surface area contributed by atoms with E-state index in [9.17, 15) is 18.7 Å². The van der Waals surface area contributed by atoms with Crippen molar-refractivity contribution in [3.63, 3.8) is 0 Å². The first-order valence-electron chi connectivity index (χ1n) is 9.16. The van der Waals surface area contributed by atoms with Gasteiger partial charge in [-0.3, -0.25) is 4.79 Å². The molecule has 1 saturated carbocycles. The number of nitrogens with one attached hydrogen (secondary N) is 1. The van der Waals surface area contributed by atoms with E-state index >= 15 is 0 Å². The minimum atomic E-state index is -0.699.